The van der Waals surface area contributed by atoms with Gasteiger partial charge in [-0.05, 0) is 49.2 Å². The lowest BCUT2D eigenvalue weighted by Gasteiger charge is -2.33. The van der Waals surface area contributed by atoms with E-state index in [1.165, 1.54) is 18.2 Å². The van der Waals surface area contributed by atoms with Crippen LogP contribution in [0.3, 0.4) is 0 Å². The molecule has 0 saturated carbocycles. The van der Waals surface area contributed by atoms with E-state index < -0.39 is 11.6 Å². The van der Waals surface area contributed by atoms with Crippen LogP contribution in [0.5, 0.6) is 0 Å². The third-order valence-corrected chi connectivity index (χ3v) is 4.81. The first-order chi connectivity index (χ1) is 13.0. The monoisotopic (exact) mass is 373 g/mol. The molecule has 27 heavy (non-hydrogen) atoms. The summed E-state index contributed by atoms with van der Waals surface area (Å²) in [7, 11) is 0. The number of hydrogen-bond donors (Lipinski definition) is 2. The number of carbonyl (C=O) groups is 1. The second kappa shape index (κ2) is 6.98. The van der Waals surface area contributed by atoms with Crippen molar-refractivity contribution >= 4 is 22.5 Å². The highest BCUT2D eigenvalue weighted by atomic mass is 19.2. The Balaban J connectivity index is 1.48. The number of likely N-dealkylation sites (tertiary alicyclic amines) is 1. The number of carbonyl (C=O) groups excluding carboxylic acids is 1. The Morgan fingerprint density at radius 3 is 2.74 bits per heavy atom. The van der Waals surface area contributed by atoms with Crippen molar-refractivity contribution in [3.8, 4) is 0 Å². The zero-order valence-electron chi connectivity index (χ0n) is 14.4. The standard InChI is InChI=1S/C20H18F3N3O/c21-13-3-6-18-12(8-13)9-19(25-18)20(27)26-7-1-2-15(11-26)24-14-4-5-16(22)17(23)10-14/h3-6,8-10,15,24-25H,1-2,7,11H2. The molecule has 4 nitrogen and oxygen atoms in total. The topological polar surface area (TPSA) is 48.1 Å². The number of nitrogens with one attached hydrogen (secondary N) is 2. The molecule has 1 atom stereocenters. The fourth-order valence-electron chi connectivity index (χ4n) is 3.49. The van der Waals surface area contributed by atoms with Crippen LogP contribution < -0.4 is 5.32 Å². The van der Waals surface area contributed by atoms with E-state index in [1.807, 2.05) is 0 Å². The number of nitrogens with zero attached hydrogens (tertiary/aromatic N) is 1. The number of rotatable bonds is 3. The maximum Gasteiger partial charge on any atom is 0.270 e. The zero-order valence-corrected chi connectivity index (χ0v) is 14.4. The highest BCUT2D eigenvalue weighted by Gasteiger charge is 2.25. The van der Waals surface area contributed by atoms with Crippen molar-refractivity contribution in [2.24, 2.45) is 0 Å². The second-order valence-corrected chi connectivity index (χ2v) is 6.78. The summed E-state index contributed by atoms with van der Waals surface area (Å²) in [4.78, 5) is 17.6. The highest BCUT2D eigenvalue weighted by Crippen LogP contribution is 2.22. The van der Waals surface area contributed by atoms with Gasteiger partial charge in [-0.25, -0.2) is 13.2 Å². The molecule has 0 spiro atoms. The Morgan fingerprint density at radius 1 is 1.07 bits per heavy atom. The van der Waals surface area contributed by atoms with E-state index in [4.69, 9.17) is 0 Å². The maximum atomic E-state index is 13.4. The molecule has 1 fully saturated rings. The van der Waals surface area contributed by atoms with Crippen LogP contribution in [0.4, 0.5) is 18.9 Å². The minimum atomic E-state index is -0.908. The summed E-state index contributed by atoms with van der Waals surface area (Å²) < 4.78 is 39.8. The Kier molecular flexibility index (Phi) is 4.51. The van der Waals surface area contributed by atoms with Gasteiger partial charge in [0.15, 0.2) is 11.6 Å². The number of fused-ring (bicyclic) bond motifs is 1. The average Bonchev–Trinajstić information content (AvgIpc) is 3.07. The Morgan fingerprint density at radius 2 is 1.93 bits per heavy atom. The molecule has 2 aromatic carbocycles. The van der Waals surface area contributed by atoms with E-state index in [2.05, 4.69) is 10.3 Å². The van der Waals surface area contributed by atoms with Crippen LogP contribution in [-0.4, -0.2) is 34.9 Å². The number of aromatic amines is 1. The number of halogens is 3. The van der Waals surface area contributed by atoms with Crippen molar-refractivity contribution in [1.82, 2.24) is 9.88 Å². The number of H-pyrrole nitrogens is 1. The molecule has 1 aliphatic rings. The lowest BCUT2D eigenvalue weighted by Crippen LogP contribution is -2.45. The molecule has 0 bridgehead atoms. The van der Waals surface area contributed by atoms with Gasteiger partial charge < -0.3 is 15.2 Å². The predicted molar refractivity (Wildman–Crippen MR) is 97.2 cm³/mol. The first-order valence-electron chi connectivity index (χ1n) is 8.79. The SMILES string of the molecule is O=C(c1cc2cc(F)ccc2[nH]1)N1CCCC(Nc2ccc(F)c(F)c2)C1. The van der Waals surface area contributed by atoms with Gasteiger partial charge in [-0.3, -0.25) is 4.79 Å². The molecule has 140 valence electrons. The van der Waals surface area contributed by atoms with Crippen molar-refractivity contribution in [2.45, 2.75) is 18.9 Å². The third kappa shape index (κ3) is 3.63. The molecule has 7 heteroatoms. The van der Waals surface area contributed by atoms with Crippen LogP contribution in [0.1, 0.15) is 23.3 Å². The summed E-state index contributed by atoms with van der Waals surface area (Å²) in [6.45, 7) is 1.06. The normalized spacial score (nSPS) is 17.3. The Hall–Kier alpha value is -2.96. The fraction of sp³-hybridized carbons (Fsp3) is 0.250. The lowest BCUT2D eigenvalue weighted by atomic mass is 10.0. The molecule has 2 heterocycles. The molecular formula is C20H18F3N3O. The first kappa shape index (κ1) is 17.5. The van der Waals surface area contributed by atoms with Crippen LogP contribution in [0.2, 0.25) is 0 Å². The van der Waals surface area contributed by atoms with Gasteiger partial charge in [0, 0.05) is 41.8 Å². The number of hydrogen-bond acceptors (Lipinski definition) is 2. The molecule has 1 amide bonds. The van der Waals surface area contributed by atoms with E-state index in [-0.39, 0.29) is 17.8 Å². The molecule has 4 rings (SSSR count). The van der Waals surface area contributed by atoms with E-state index in [0.29, 0.717) is 35.4 Å². The van der Waals surface area contributed by atoms with Crippen molar-refractivity contribution in [2.75, 3.05) is 18.4 Å². The van der Waals surface area contributed by atoms with Crippen LogP contribution >= 0.6 is 0 Å². The summed E-state index contributed by atoms with van der Waals surface area (Å²) >= 11 is 0. The number of piperidine rings is 1. The van der Waals surface area contributed by atoms with Gasteiger partial charge in [-0.1, -0.05) is 0 Å². The van der Waals surface area contributed by atoms with Crippen LogP contribution in [0.15, 0.2) is 42.5 Å². The van der Waals surface area contributed by atoms with Crippen LogP contribution in [0.25, 0.3) is 10.9 Å². The quantitative estimate of drug-likeness (QED) is 0.719. The molecule has 0 radical (unpaired) electrons. The van der Waals surface area contributed by atoms with Crippen molar-refractivity contribution < 1.29 is 18.0 Å². The summed E-state index contributed by atoms with van der Waals surface area (Å²) in [6.07, 6.45) is 1.61. The van der Waals surface area contributed by atoms with Gasteiger partial charge in [0.2, 0.25) is 0 Å². The van der Waals surface area contributed by atoms with Crippen LogP contribution in [0, 0.1) is 17.5 Å². The van der Waals surface area contributed by atoms with E-state index >= 15 is 0 Å². The fourth-order valence-corrected chi connectivity index (χ4v) is 3.49. The third-order valence-electron chi connectivity index (χ3n) is 4.81. The van der Waals surface area contributed by atoms with Gasteiger partial charge >= 0.3 is 0 Å². The van der Waals surface area contributed by atoms with E-state index in [0.717, 1.165) is 25.0 Å². The highest BCUT2D eigenvalue weighted by molar-refractivity contribution is 5.98. The van der Waals surface area contributed by atoms with Gasteiger partial charge in [0.05, 0.1) is 0 Å². The molecule has 1 saturated heterocycles. The minimum Gasteiger partial charge on any atom is -0.380 e. The number of anilines is 1. The Bertz CT molecular complexity index is 1000. The van der Waals surface area contributed by atoms with Crippen LogP contribution in [-0.2, 0) is 0 Å². The smallest absolute Gasteiger partial charge is 0.270 e. The van der Waals surface area contributed by atoms with Crippen molar-refractivity contribution in [3.05, 3.63) is 65.6 Å². The summed E-state index contributed by atoms with van der Waals surface area (Å²) in [5.74, 6) is -2.32. The predicted octanol–water partition coefficient (Wildman–Crippen LogP) is 4.30. The minimum absolute atomic E-state index is 0.0608. The first-order valence-corrected chi connectivity index (χ1v) is 8.79. The van der Waals surface area contributed by atoms with E-state index in [9.17, 15) is 18.0 Å². The van der Waals surface area contributed by atoms with Crippen molar-refractivity contribution in [1.29, 1.82) is 0 Å². The molecule has 1 aliphatic heterocycles. The average molecular weight is 373 g/mol. The zero-order chi connectivity index (χ0) is 19.0. The molecular weight excluding hydrogens is 355 g/mol. The van der Waals surface area contributed by atoms with Gasteiger partial charge in [-0.15, -0.1) is 0 Å². The van der Waals surface area contributed by atoms with Gasteiger partial charge in [0.25, 0.3) is 5.91 Å². The second-order valence-electron chi connectivity index (χ2n) is 6.78. The lowest BCUT2D eigenvalue weighted by molar-refractivity contribution is 0.0710. The largest absolute Gasteiger partial charge is 0.380 e. The molecule has 0 aliphatic carbocycles. The van der Waals surface area contributed by atoms with Gasteiger partial charge in [-0.2, -0.15) is 0 Å². The molecule has 3 aromatic rings. The van der Waals surface area contributed by atoms with E-state index in [1.54, 1.807) is 17.0 Å². The maximum absolute atomic E-state index is 13.4. The summed E-state index contributed by atoms with van der Waals surface area (Å²) in [6, 6.07) is 9.58. The number of aromatic nitrogens is 1. The van der Waals surface area contributed by atoms with Crippen molar-refractivity contribution in [3.63, 3.8) is 0 Å². The molecule has 1 aromatic heterocycles. The van der Waals surface area contributed by atoms with Gasteiger partial charge in [0.1, 0.15) is 11.5 Å². The summed E-state index contributed by atoms with van der Waals surface area (Å²) in [5, 5.41) is 3.80. The number of benzene rings is 2. The summed E-state index contributed by atoms with van der Waals surface area (Å²) in [5.41, 5.74) is 1.59. The molecule has 2 N–H and O–H groups in total. The number of amides is 1. The molecule has 1 unspecified atom stereocenters. The Labute approximate surface area is 154 Å².